The van der Waals surface area contributed by atoms with Crippen LogP contribution in [0.25, 0.3) is 0 Å². The second-order valence-electron chi connectivity index (χ2n) is 7.31. The summed E-state index contributed by atoms with van der Waals surface area (Å²) in [6.45, 7) is 5.02. The molecular weight excluding hydrogens is 388 g/mol. The van der Waals surface area contributed by atoms with Crippen LogP contribution in [0.5, 0.6) is 5.75 Å². The van der Waals surface area contributed by atoms with Crippen LogP contribution in [0.3, 0.4) is 0 Å². The van der Waals surface area contributed by atoms with Gasteiger partial charge in [0.15, 0.2) is 0 Å². The van der Waals surface area contributed by atoms with Gasteiger partial charge in [0, 0.05) is 24.3 Å². The van der Waals surface area contributed by atoms with Crippen LogP contribution in [0.1, 0.15) is 44.2 Å². The summed E-state index contributed by atoms with van der Waals surface area (Å²) >= 11 is 6.03. The van der Waals surface area contributed by atoms with Crippen LogP contribution in [-0.2, 0) is 14.9 Å². The van der Waals surface area contributed by atoms with E-state index in [4.69, 9.17) is 21.1 Å². The number of amides is 1. The molecular formula is C23H25ClN2O3. The van der Waals surface area contributed by atoms with E-state index >= 15 is 0 Å². The standard InChI is InChI=1S/C23H25ClN2O3/c1-3-16(2)29-20-8-9-21(17(14-20)15-25)26-22(27)23(10-12-28-13-11-23)18-4-6-19(24)7-5-18/h4-9,14,16H,3,10-13H2,1-2H3,(H,26,27)/t16-/m0/s1. The quantitative estimate of drug-likeness (QED) is 0.718. The number of hydrogen-bond acceptors (Lipinski definition) is 4. The highest BCUT2D eigenvalue weighted by molar-refractivity contribution is 6.30. The zero-order valence-electron chi connectivity index (χ0n) is 16.7. The summed E-state index contributed by atoms with van der Waals surface area (Å²) in [6, 6.07) is 14.7. The summed E-state index contributed by atoms with van der Waals surface area (Å²) in [5, 5.41) is 13.2. The molecule has 0 saturated carbocycles. The number of benzene rings is 2. The fraction of sp³-hybridized carbons (Fsp3) is 0.391. The normalized spacial score (nSPS) is 16.5. The number of carbonyl (C=O) groups is 1. The maximum atomic E-state index is 13.4. The Morgan fingerprint density at radius 3 is 2.59 bits per heavy atom. The van der Waals surface area contributed by atoms with Gasteiger partial charge < -0.3 is 14.8 Å². The third-order valence-electron chi connectivity index (χ3n) is 5.45. The zero-order chi connectivity index (χ0) is 20.9. The van der Waals surface area contributed by atoms with Crippen molar-refractivity contribution in [3.63, 3.8) is 0 Å². The molecule has 1 atom stereocenters. The van der Waals surface area contributed by atoms with Crippen LogP contribution in [0.15, 0.2) is 42.5 Å². The molecule has 1 N–H and O–H groups in total. The number of carbonyl (C=O) groups excluding carboxylic acids is 1. The van der Waals surface area contributed by atoms with E-state index in [9.17, 15) is 10.1 Å². The van der Waals surface area contributed by atoms with Gasteiger partial charge >= 0.3 is 0 Å². The Morgan fingerprint density at radius 2 is 1.97 bits per heavy atom. The molecule has 5 nitrogen and oxygen atoms in total. The molecule has 1 amide bonds. The van der Waals surface area contributed by atoms with Crippen LogP contribution in [0, 0.1) is 11.3 Å². The fourth-order valence-corrected chi connectivity index (χ4v) is 3.62. The summed E-state index contributed by atoms with van der Waals surface area (Å²) in [4.78, 5) is 13.4. The molecule has 6 heteroatoms. The molecule has 0 spiro atoms. The summed E-state index contributed by atoms with van der Waals surface area (Å²) in [7, 11) is 0. The fourth-order valence-electron chi connectivity index (χ4n) is 3.49. The van der Waals surface area contributed by atoms with E-state index in [-0.39, 0.29) is 12.0 Å². The van der Waals surface area contributed by atoms with Crippen molar-refractivity contribution in [2.75, 3.05) is 18.5 Å². The van der Waals surface area contributed by atoms with Crippen molar-refractivity contribution >= 4 is 23.2 Å². The minimum absolute atomic E-state index is 0.0531. The smallest absolute Gasteiger partial charge is 0.235 e. The lowest BCUT2D eigenvalue weighted by atomic mass is 9.73. The van der Waals surface area contributed by atoms with Crippen molar-refractivity contribution in [1.29, 1.82) is 5.26 Å². The lowest BCUT2D eigenvalue weighted by Gasteiger charge is -2.36. The van der Waals surface area contributed by atoms with E-state index in [1.54, 1.807) is 30.3 Å². The summed E-state index contributed by atoms with van der Waals surface area (Å²) in [5.74, 6) is 0.475. The van der Waals surface area contributed by atoms with E-state index in [1.165, 1.54) is 0 Å². The molecule has 1 aliphatic heterocycles. The van der Waals surface area contributed by atoms with Gasteiger partial charge in [-0.2, -0.15) is 5.26 Å². The molecule has 152 valence electrons. The first-order chi connectivity index (χ1) is 14.0. The average molecular weight is 413 g/mol. The Balaban J connectivity index is 1.88. The summed E-state index contributed by atoms with van der Waals surface area (Å²) in [5.41, 5.74) is 1.03. The maximum Gasteiger partial charge on any atom is 0.235 e. The van der Waals surface area contributed by atoms with Gasteiger partial charge in [-0.05, 0) is 56.0 Å². The van der Waals surface area contributed by atoms with Crippen molar-refractivity contribution in [2.24, 2.45) is 0 Å². The third kappa shape index (κ3) is 4.72. The molecule has 0 unspecified atom stereocenters. The van der Waals surface area contributed by atoms with Crippen molar-refractivity contribution in [3.8, 4) is 11.8 Å². The summed E-state index contributed by atoms with van der Waals surface area (Å²) in [6.07, 6.45) is 2.05. The van der Waals surface area contributed by atoms with Gasteiger partial charge in [-0.25, -0.2) is 0 Å². The Hall–Kier alpha value is -2.55. The van der Waals surface area contributed by atoms with E-state index in [0.717, 1.165) is 12.0 Å². The van der Waals surface area contributed by atoms with Gasteiger partial charge in [-0.1, -0.05) is 30.7 Å². The molecule has 0 radical (unpaired) electrons. The highest BCUT2D eigenvalue weighted by atomic mass is 35.5. The number of anilines is 1. The summed E-state index contributed by atoms with van der Waals surface area (Å²) < 4.78 is 11.3. The Bertz CT molecular complexity index is 899. The van der Waals surface area contributed by atoms with Crippen LogP contribution in [-0.4, -0.2) is 25.2 Å². The molecule has 1 fully saturated rings. The first kappa shape index (κ1) is 21.2. The van der Waals surface area contributed by atoms with Gasteiger partial charge in [0.25, 0.3) is 0 Å². The minimum atomic E-state index is -0.721. The van der Waals surface area contributed by atoms with Gasteiger partial charge in [0.1, 0.15) is 11.8 Å². The van der Waals surface area contributed by atoms with E-state index in [2.05, 4.69) is 11.4 Å². The van der Waals surface area contributed by atoms with Crippen molar-refractivity contribution < 1.29 is 14.3 Å². The molecule has 0 bridgehead atoms. The van der Waals surface area contributed by atoms with Gasteiger partial charge in [-0.15, -0.1) is 0 Å². The number of ether oxygens (including phenoxy) is 2. The Labute approximate surface area is 176 Å². The van der Waals surface area contributed by atoms with Crippen molar-refractivity contribution in [3.05, 3.63) is 58.6 Å². The maximum absolute atomic E-state index is 13.4. The molecule has 1 saturated heterocycles. The number of hydrogen-bond donors (Lipinski definition) is 1. The molecule has 1 aliphatic rings. The lowest BCUT2D eigenvalue weighted by Crippen LogP contribution is -2.45. The number of nitrogens with one attached hydrogen (secondary N) is 1. The Kier molecular flexibility index (Phi) is 6.79. The molecule has 3 rings (SSSR count). The number of nitrogens with zero attached hydrogens (tertiary/aromatic N) is 1. The predicted molar refractivity (Wildman–Crippen MR) is 113 cm³/mol. The molecule has 0 aromatic heterocycles. The number of halogens is 1. The Morgan fingerprint density at radius 1 is 1.28 bits per heavy atom. The second kappa shape index (κ2) is 9.30. The SMILES string of the molecule is CC[C@H](C)Oc1ccc(NC(=O)C2(c3ccc(Cl)cc3)CCOCC2)c(C#N)c1. The van der Waals surface area contributed by atoms with Crippen LogP contribution < -0.4 is 10.1 Å². The molecule has 2 aromatic rings. The van der Waals surface area contributed by atoms with Crippen molar-refractivity contribution in [1.82, 2.24) is 0 Å². The van der Waals surface area contributed by atoms with Gasteiger partial charge in [-0.3, -0.25) is 4.79 Å². The van der Waals surface area contributed by atoms with E-state index in [1.807, 2.05) is 26.0 Å². The topological polar surface area (TPSA) is 71.3 Å². The highest BCUT2D eigenvalue weighted by Crippen LogP contribution is 2.37. The minimum Gasteiger partial charge on any atom is -0.491 e. The van der Waals surface area contributed by atoms with Gasteiger partial charge in [0.2, 0.25) is 5.91 Å². The first-order valence-electron chi connectivity index (χ1n) is 9.84. The number of rotatable bonds is 6. The second-order valence-corrected chi connectivity index (χ2v) is 7.75. The van der Waals surface area contributed by atoms with E-state index in [0.29, 0.717) is 48.1 Å². The molecule has 29 heavy (non-hydrogen) atoms. The first-order valence-corrected chi connectivity index (χ1v) is 10.2. The van der Waals surface area contributed by atoms with Gasteiger partial charge in [0.05, 0.1) is 22.8 Å². The molecule has 1 heterocycles. The molecule has 2 aromatic carbocycles. The van der Waals surface area contributed by atoms with Crippen LogP contribution in [0.4, 0.5) is 5.69 Å². The monoisotopic (exact) mass is 412 g/mol. The van der Waals surface area contributed by atoms with Crippen molar-refractivity contribution in [2.45, 2.75) is 44.6 Å². The third-order valence-corrected chi connectivity index (χ3v) is 5.70. The lowest BCUT2D eigenvalue weighted by molar-refractivity contribution is -0.125. The van der Waals surface area contributed by atoms with Crippen LogP contribution >= 0.6 is 11.6 Å². The highest BCUT2D eigenvalue weighted by Gasteiger charge is 2.42. The number of nitriles is 1. The molecule has 0 aliphatic carbocycles. The predicted octanol–water partition coefficient (Wildman–Crippen LogP) is 5.08. The average Bonchev–Trinajstić information content (AvgIpc) is 2.75. The largest absolute Gasteiger partial charge is 0.491 e. The zero-order valence-corrected chi connectivity index (χ0v) is 17.5. The van der Waals surface area contributed by atoms with E-state index < -0.39 is 5.41 Å². The van der Waals surface area contributed by atoms with Crippen LogP contribution in [0.2, 0.25) is 5.02 Å².